The first-order valence-electron chi connectivity index (χ1n) is 7.67. The molecule has 1 saturated heterocycles. The maximum absolute atomic E-state index is 11.9. The maximum Gasteiger partial charge on any atom is 0.258 e. The van der Waals surface area contributed by atoms with Gasteiger partial charge >= 0.3 is 0 Å². The Kier molecular flexibility index (Phi) is 6.15. The SMILES string of the molecule is COC1(CNC(=O)COc2ccc(C(C)C)cc2)CCSC1. The summed E-state index contributed by atoms with van der Waals surface area (Å²) >= 11 is 1.86. The molecule has 1 aromatic carbocycles. The molecule has 1 heterocycles. The van der Waals surface area contributed by atoms with Crippen molar-refractivity contribution in [3.05, 3.63) is 29.8 Å². The fraction of sp³-hybridized carbons (Fsp3) is 0.588. The largest absolute Gasteiger partial charge is 0.484 e. The van der Waals surface area contributed by atoms with E-state index in [4.69, 9.17) is 9.47 Å². The van der Waals surface area contributed by atoms with Gasteiger partial charge in [0.1, 0.15) is 5.75 Å². The van der Waals surface area contributed by atoms with Crippen molar-refractivity contribution in [1.82, 2.24) is 5.32 Å². The lowest BCUT2D eigenvalue weighted by Gasteiger charge is -2.26. The Bertz CT molecular complexity index is 481. The molecule has 0 radical (unpaired) electrons. The van der Waals surface area contributed by atoms with E-state index in [9.17, 15) is 4.79 Å². The summed E-state index contributed by atoms with van der Waals surface area (Å²) in [6, 6.07) is 7.89. The number of hydrogen-bond donors (Lipinski definition) is 1. The van der Waals surface area contributed by atoms with Gasteiger partial charge in [0.15, 0.2) is 6.61 Å². The van der Waals surface area contributed by atoms with E-state index in [0.717, 1.165) is 23.7 Å². The summed E-state index contributed by atoms with van der Waals surface area (Å²) in [5.41, 5.74) is 1.05. The Morgan fingerprint density at radius 1 is 1.36 bits per heavy atom. The molecular formula is C17H25NO3S. The molecule has 2 rings (SSSR count). The standard InChI is InChI=1S/C17H25NO3S/c1-13(2)14-4-6-15(7-5-14)21-10-16(19)18-11-17(20-3)8-9-22-12-17/h4-7,13H,8-12H2,1-3H3,(H,18,19). The molecule has 1 N–H and O–H groups in total. The van der Waals surface area contributed by atoms with Gasteiger partial charge in [0.25, 0.3) is 5.91 Å². The predicted molar refractivity (Wildman–Crippen MR) is 90.7 cm³/mol. The van der Waals surface area contributed by atoms with Crippen LogP contribution in [-0.2, 0) is 9.53 Å². The highest BCUT2D eigenvalue weighted by atomic mass is 32.2. The number of amides is 1. The molecule has 0 bridgehead atoms. The third kappa shape index (κ3) is 4.65. The summed E-state index contributed by atoms with van der Waals surface area (Å²) in [6.45, 7) is 4.88. The van der Waals surface area contributed by atoms with Crippen LogP contribution in [0.15, 0.2) is 24.3 Å². The number of nitrogens with one attached hydrogen (secondary N) is 1. The van der Waals surface area contributed by atoms with Crippen LogP contribution >= 0.6 is 11.8 Å². The zero-order chi connectivity index (χ0) is 16.0. The monoisotopic (exact) mass is 323 g/mol. The lowest BCUT2D eigenvalue weighted by Crippen LogP contribution is -2.45. The first kappa shape index (κ1) is 17.2. The fourth-order valence-electron chi connectivity index (χ4n) is 2.37. The molecule has 0 aromatic heterocycles. The van der Waals surface area contributed by atoms with Gasteiger partial charge in [-0.25, -0.2) is 0 Å². The van der Waals surface area contributed by atoms with E-state index in [2.05, 4.69) is 19.2 Å². The van der Waals surface area contributed by atoms with E-state index in [0.29, 0.717) is 12.5 Å². The Morgan fingerprint density at radius 3 is 2.64 bits per heavy atom. The second-order valence-corrected chi connectivity index (χ2v) is 7.08. The maximum atomic E-state index is 11.9. The summed E-state index contributed by atoms with van der Waals surface area (Å²) in [6.07, 6.45) is 0.978. The second kappa shape index (κ2) is 7.88. The van der Waals surface area contributed by atoms with E-state index in [1.54, 1.807) is 7.11 Å². The highest BCUT2D eigenvalue weighted by Gasteiger charge is 2.34. The summed E-state index contributed by atoms with van der Waals surface area (Å²) in [5, 5.41) is 2.91. The normalized spacial score (nSPS) is 21.1. The molecule has 0 aliphatic carbocycles. The summed E-state index contributed by atoms with van der Waals surface area (Å²) in [7, 11) is 1.71. The van der Waals surface area contributed by atoms with Crippen molar-refractivity contribution in [3.63, 3.8) is 0 Å². The van der Waals surface area contributed by atoms with Gasteiger partial charge in [0, 0.05) is 19.4 Å². The zero-order valence-electron chi connectivity index (χ0n) is 13.6. The highest BCUT2D eigenvalue weighted by Crippen LogP contribution is 2.30. The Morgan fingerprint density at radius 2 is 2.09 bits per heavy atom. The van der Waals surface area contributed by atoms with Crippen molar-refractivity contribution in [2.45, 2.75) is 31.8 Å². The minimum Gasteiger partial charge on any atom is -0.484 e. The minimum absolute atomic E-state index is 0.0357. The van der Waals surface area contributed by atoms with Crippen LogP contribution < -0.4 is 10.1 Å². The first-order valence-corrected chi connectivity index (χ1v) is 8.82. The first-order chi connectivity index (χ1) is 10.5. The molecule has 1 aliphatic heterocycles. The van der Waals surface area contributed by atoms with Crippen molar-refractivity contribution in [2.75, 3.05) is 31.8 Å². The van der Waals surface area contributed by atoms with Crippen LogP contribution in [-0.4, -0.2) is 43.3 Å². The van der Waals surface area contributed by atoms with Crippen LogP contribution in [0.5, 0.6) is 5.75 Å². The van der Waals surface area contributed by atoms with Gasteiger partial charge < -0.3 is 14.8 Å². The Labute approximate surface area is 137 Å². The van der Waals surface area contributed by atoms with Gasteiger partial charge in [-0.05, 0) is 35.8 Å². The molecule has 1 aliphatic rings. The third-order valence-corrected chi connectivity index (χ3v) is 5.25. The predicted octanol–water partition coefficient (Wildman–Crippen LogP) is 2.83. The molecule has 0 saturated carbocycles. The van der Waals surface area contributed by atoms with Crippen molar-refractivity contribution in [1.29, 1.82) is 0 Å². The molecule has 122 valence electrons. The van der Waals surface area contributed by atoms with E-state index >= 15 is 0 Å². The van der Waals surface area contributed by atoms with Gasteiger partial charge in [-0.2, -0.15) is 11.8 Å². The van der Waals surface area contributed by atoms with Gasteiger partial charge in [-0.3, -0.25) is 4.79 Å². The number of hydrogen-bond acceptors (Lipinski definition) is 4. The summed E-state index contributed by atoms with van der Waals surface area (Å²) in [4.78, 5) is 11.9. The average Bonchev–Trinajstić information content (AvgIpc) is 3.01. The molecule has 1 aromatic rings. The van der Waals surface area contributed by atoms with Crippen LogP contribution in [0.25, 0.3) is 0 Å². The molecule has 1 unspecified atom stereocenters. The van der Waals surface area contributed by atoms with Gasteiger partial charge in [0.05, 0.1) is 5.60 Å². The number of benzene rings is 1. The number of rotatable bonds is 7. The number of ether oxygens (including phenoxy) is 2. The number of carbonyl (C=O) groups is 1. The quantitative estimate of drug-likeness (QED) is 0.838. The molecule has 1 fully saturated rings. The molecule has 0 spiro atoms. The molecule has 4 nitrogen and oxygen atoms in total. The van der Waals surface area contributed by atoms with Crippen LogP contribution in [0.2, 0.25) is 0 Å². The van der Waals surface area contributed by atoms with Crippen molar-refractivity contribution < 1.29 is 14.3 Å². The van der Waals surface area contributed by atoms with Crippen LogP contribution in [0.3, 0.4) is 0 Å². The summed E-state index contributed by atoms with van der Waals surface area (Å²) < 4.78 is 11.1. The van der Waals surface area contributed by atoms with Crippen LogP contribution in [0.4, 0.5) is 0 Å². The van der Waals surface area contributed by atoms with Crippen LogP contribution in [0, 0.1) is 0 Å². The third-order valence-electron chi connectivity index (χ3n) is 4.02. The topological polar surface area (TPSA) is 47.6 Å². The van der Waals surface area contributed by atoms with E-state index in [1.807, 2.05) is 36.0 Å². The van der Waals surface area contributed by atoms with E-state index < -0.39 is 0 Å². The lowest BCUT2D eigenvalue weighted by atomic mass is 10.0. The minimum atomic E-state index is -0.209. The van der Waals surface area contributed by atoms with Gasteiger partial charge in [-0.15, -0.1) is 0 Å². The lowest BCUT2D eigenvalue weighted by molar-refractivity contribution is -0.124. The second-order valence-electron chi connectivity index (χ2n) is 5.98. The Balaban J connectivity index is 1.75. The zero-order valence-corrected chi connectivity index (χ0v) is 14.4. The van der Waals surface area contributed by atoms with Crippen molar-refractivity contribution in [2.24, 2.45) is 0 Å². The molecule has 1 amide bonds. The fourth-order valence-corrected chi connectivity index (χ4v) is 3.77. The van der Waals surface area contributed by atoms with Crippen molar-refractivity contribution >= 4 is 17.7 Å². The molecular weight excluding hydrogens is 298 g/mol. The van der Waals surface area contributed by atoms with Crippen LogP contribution in [0.1, 0.15) is 31.7 Å². The summed E-state index contributed by atoms with van der Waals surface area (Å²) in [5.74, 6) is 3.12. The Hall–Kier alpha value is -1.20. The van der Waals surface area contributed by atoms with Gasteiger partial charge in [0.2, 0.25) is 0 Å². The van der Waals surface area contributed by atoms with Gasteiger partial charge in [-0.1, -0.05) is 26.0 Å². The van der Waals surface area contributed by atoms with Crippen molar-refractivity contribution in [3.8, 4) is 5.75 Å². The number of methoxy groups -OCH3 is 1. The number of thioether (sulfide) groups is 1. The molecule has 5 heteroatoms. The van der Waals surface area contributed by atoms with E-state index in [-0.39, 0.29) is 18.1 Å². The molecule has 22 heavy (non-hydrogen) atoms. The highest BCUT2D eigenvalue weighted by molar-refractivity contribution is 7.99. The molecule has 1 atom stereocenters. The average molecular weight is 323 g/mol. The smallest absolute Gasteiger partial charge is 0.258 e. The number of carbonyl (C=O) groups excluding carboxylic acids is 1. The van der Waals surface area contributed by atoms with E-state index in [1.165, 1.54) is 5.56 Å².